The quantitative estimate of drug-likeness (QED) is 0.585. The van der Waals surface area contributed by atoms with Crippen LogP contribution >= 0.6 is 11.3 Å². The molecule has 28 heavy (non-hydrogen) atoms. The first-order valence-corrected chi connectivity index (χ1v) is 9.71. The largest absolute Gasteiger partial charge is 0.497 e. The lowest BCUT2D eigenvalue weighted by Crippen LogP contribution is -2.20. The van der Waals surface area contributed by atoms with Gasteiger partial charge in [-0.25, -0.2) is 4.98 Å². The van der Waals surface area contributed by atoms with Crippen molar-refractivity contribution in [3.8, 4) is 11.5 Å². The predicted molar refractivity (Wildman–Crippen MR) is 112 cm³/mol. The molecule has 5 nitrogen and oxygen atoms in total. The summed E-state index contributed by atoms with van der Waals surface area (Å²) in [5, 5.41) is 5.87. The zero-order valence-electron chi connectivity index (χ0n) is 15.8. The van der Waals surface area contributed by atoms with Crippen molar-refractivity contribution in [3.05, 3.63) is 81.8 Å². The Morgan fingerprint density at radius 2 is 1.96 bits per heavy atom. The summed E-state index contributed by atoms with van der Waals surface area (Å²) in [6, 6.07) is 15.6. The van der Waals surface area contributed by atoms with Crippen LogP contribution in [0.4, 0.5) is 0 Å². The Bertz CT molecular complexity index is 951. The van der Waals surface area contributed by atoms with Gasteiger partial charge in [-0.05, 0) is 29.8 Å². The summed E-state index contributed by atoms with van der Waals surface area (Å²) in [7, 11) is 3.19. The van der Waals surface area contributed by atoms with Gasteiger partial charge in [0, 0.05) is 23.4 Å². The fourth-order valence-corrected chi connectivity index (χ4v) is 3.48. The number of hydrogen-bond acceptors (Lipinski definition) is 5. The first kappa shape index (κ1) is 19.6. The summed E-state index contributed by atoms with van der Waals surface area (Å²) in [5.41, 5.74) is 2.86. The molecule has 0 fully saturated rings. The van der Waals surface area contributed by atoms with Gasteiger partial charge < -0.3 is 14.8 Å². The van der Waals surface area contributed by atoms with Gasteiger partial charge in [0.25, 0.3) is 0 Å². The number of rotatable bonds is 8. The number of ether oxygens (including phenoxy) is 2. The molecule has 0 radical (unpaired) electrons. The van der Waals surface area contributed by atoms with Crippen LogP contribution < -0.4 is 14.8 Å². The SMILES string of the molecule is COc1ccc(OC)c(/C=C/C(=O)NCc2csc(Cc3ccccc3)n2)c1. The van der Waals surface area contributed by atoms with Crippen molar-refractivity contribution in [1.29, 1.82) is 0 Å². The zero-order valence-corrected chi connectivity index (χ0v) is 16.7. The van der Waals surface area contributed by atoms with Gasteiger partial charge >= 0.3 is 0 Å². The molecule has 0 spiro atoms. The molecule has 3 rings (SSSR count). The van der Waals surface area contributed by atoms with E-state index in [1.165, 1.54) is 11.6 Å². The van der Waals surface area contributed by atoms with Gasteiger partial charge in [-0.2, -0.15) is 0 Å². The van der Waals surface area contributed by atoms with Crippen LogP contribution in [0.15, 0.2) is 60.0 Å². The molecule has 0 saturated heterocycles. The lowest BCUT2D eigenvalue weighted by atomic mass is 10.1. The topological polar surface area (TPSA) is 60.5 Å². The molecule has 6 heteroatoms. The molecule has 0 aliphatic heterocycles. The number of nitrogens with zero attached hydrogens (tertiary/aromatic N) is 1. The Balaban J connectivity index is 1.55. The summed E-state index contributed by atoms with van der Waals surface area (Å²) >= 11 is 1.60. The van der Waals surface area contributed by atoms with E-state index in [2.05, 4.69) is 22.4 Å². The number of hydrogen-bond donors (Lipinski definition) is 1. The van der Waals surface area contributed by atoms with E-state index in [9.17, 15) is 4.79 Å². The summed E-state index contributed by atoms with van der Waals surface area (Å²) in [6.45, 7) is 0.393. The Morgan fingerprint density at radius 1 is 1.14 bits per heavy atom. The molecule has 144 valence electrons. The van der Waals surface area contributed by atoms with Gasteiger partial charge in [0.05, 0.1) is 31.5 Å². The molecule has 0 atom stereocenters. The van der Waals surface area contributed by atoms with Gasteiger partial charge in [0.2, 0.25) is 5.91 Å². The van der Waals surface area contributed by atoms with Crippen LogP contribution in [0.2, 0.25) is 0 Å². The minimum Gasteiger partial charge on any atom is -0.497 e. The Hall–Kier alpha value is -3.12. The maximum absolute atomic E-state index is 12.1. The van der Waals surface area contributed by atoms with Crippen molar-refractivity contribution < 1.29 is 14.3 Å². The number of thiazole rings is 1. The lowest BCUT2D eigenvalue weighted by Gasteiger charge is -2.07. The average Bonchev–Trinajstić information content (AvgIpc) is 3.18. The maximum Gasteiger partial charge on any atom is 0.244 e. The van der Waals surface area contributed by atoms with E-state index in [1.807, 2.05) is 35.7 Å². The van der Waals surface area contributed by atoms with E-state index in [0.29, 0.717) is 18.0 Å². The van der Waals surface area contributed by atoms with Gasteiger partial charge in [-0.3, -0.25) is 4.79 Å². The molecule has 1 N–H and O–H groups in total. The monoisotopic (exact) mass is 394 g/mol. The van der Waals surface area contributed by atoms with Crippen LogP contribution in [0, 0.1) is 0 Å². The molecule has 0 bridgehead atoms. The highest BCUT2D eigenvalue weighted by atomic mass is 32.1. The normalized spacial score (nSPS) is 10.8. The van der Waals surface area contributed by atoms with Crippen molar-refractivity contribution >= 4 is 23.3 Å². The van der Waals surface area contributed by atoms with E-state index < -0.39 is 0 Å². The van der Waals surface area contributed by atoms with Crippen molar-refractivity contribution in [3.63, 3.8) is 0 Å². The second kappa shape index (κ2) is 9.71. The van der Waals surface area contributed by atoms with E-state index >= 15 is 0 Å². The number of methoxy groups -OCH3 is 2. The Labute approximate surface area is 168 Å². The van der Waals surface area contributed by atoms with Gasteiger partial charge in [0.1, 0.15) is 11.5 Å². The van der Waals surface area contributed by atoms with Crippen LogP contribution in [0.5, 0.6) is 11.5 Å². The second-order valence-electron chi connectivity index (χ2n) is 6.05. The number of aromatic nitrogens is 1. The van der Waals surface area contributed by atoms with Gasteiger partial charge in [-0.1, -0.05) is 30.3 Å². The third kappa shape index (κ3) is 5.44. The first-order chi connectivity index (χ1) is 13.7. The molecular weight excluding hydrogens is 372 g/mol. The fraction of sp³-hybridized carbons (Fsp3) is 0.182. The number of carbonyl (C=O) groups is 1. The minimum atomic E-state index is -0.192. The highest BCUT2D eigenvalue weighted by Gasteiger charge is 2.06. The summed E-state index contributed by atoms with van der Waals surface area (Å²) in [4.78, 5) is 16.7. The van der Waals surface area contributed by atoms with Crippen molar-refractivity contribution in [2.75, 3.05) is 14.2 Å². The Morgan fingerprint density at radius 3 is 2.71 bits per heavy atom. The molecular formula is C22H22N2O3S. The molecule has 0 aliphatic rings. The highest BCUT2D eigenvalue weighted by molar-refractivity contribution is 7.09. The van der Waals surface area contributed by atoms with Crippen LogP contribution in [-0.4, -0.2) is 25.1 Å². The van der Waals surface area contributed by atoms with E-state index in [4.69, 9.17) is 9.47 Å². The molecule has 0 saturated carbocycles. The van der Waals surface area contributed by atoms with Crippen LogP contribution in [0.1, 0.15) is 21.8 Å². The lowest BCUT2D eigenvalue weighted by molar-refractivity contribution is -0.116. The minimum absolute atomic E-state index is 0.192. The third-order valence-corrected chi connectivity index (χ3v) is 4.99. The fourth-order valence-electron chi connectivity index (χ4n) is 2.65. The molecule has 1 heterocycles. The summed E-state index contributed by atoms with van der Waals surface area (Å²) < 4.78 is 10.5. The number of amides is 1. The highest BCUT2D eigenvalue weighted by Crippen LogP contribution is 2.25. The Kier molecular flexibility index (Phi) is 6.81. The van der Waals surface area contributed by atoms with E-state index in [1.54, 1.807) is 37.7 Å². The van der Waals surface area contributed by atoms with Crippen molar-refractivity contribution in [2.24, 2.45) is 0 Å². The maximum atomic E-state index is 12.1. The van der Waals surface area contributed by atoms with Gasteiger partial charge in [0.15, 0.2) is 0 Å². The van der Waals surface area contributed by atoms with Crippen molar-refractivity contribution in [1.82, 2.24) is 10.3 Å². The molecule has 1 aromatic heterocycles. The van der Waals surface area contributed by atoms with Crippen LogP contribution in [0.3, 0.4) is 0 Å². The molecule has 0 unspecified atom stereocenters. The predicted octanol–water partition coefficient (Wildman–Crippen LogP) is 4.08. The van der Waals surface area contributed by atoms with E-state index in [-0.39, 0.29) is 5.91 Å². The van der Waals surface area contributed by atoms with Crippen molar-refractivity contribution in [2.45, 2.75) is 13.0 Å². The van der Waals surface area contributed by atoms with Gasteiger partial charge in [-0.15, -0.1) is 11.3 Å². The zero-order chi connectivity index (χ0) is 19.8. The number of nitrogens with one attached hydrogen (secondary N) is 1. The van der Waals surface area contributed by atoms with Crippen LogP contribution in [0.25, 0.3) is 6.08 Å². The first-order valence-electron chi connectivity index (χ1n) is 8.83. The number of benzene rings is 2. The smallest absolute Gasteiger partial charge is 0.244 e. The molecule has 1 amide bonds. The third-order valence-electron chi connectivity index (χ3n) is 4.09. The number of carbonyl (C=O) groups excluding carboxylic acids is 1. The second-order valence-corrected chi connectivity index (χ2v) is 7.00. The molecule has 3 aromatic rings. The van der Waals surface area contributed by atoms with Crippen LogP contribution in [-0.2, 0) is 17.8 Å². The summed E-state index contributed by atoms with van der Waals surface area (Å²) in [5.74, 6) is 1.19. The summed E-state index contributed by atoms with van der Waals surface area (Å²) in [6.07, 6.45) is 3.99. The standard InChI is InChI=1S/C22H22N2O3S/c1-26-19-9-10-20(27-2)17(13-19)8-11-21(25)23-14-18-15-28-22(24-18)12-16-6-4-3-5-7-16/h3-11,13,15H,12,14H2,1-2H3,(H,23,25)/b11-8+. The average molecular weight is 394 g/mol. The van der Waals surface area contributed by atoms with E-state index in [0.717, 1.165) is 22.7 Å². The molecule has 0 aliphatic carbocycles. The molecule has 2 aromatic carbocycles.